The van der Waals surface area contributed by atoms with Gasteiger partial charge in [0.15, 0.2) is 11.4 Å². The number of rotatable bonds is 10. The summed E-state index contributed by atoms with van der Waals surface area (Å²) in [6.45, 7) is 7.89. The van der Waals surface area contributed by atoms with E-state index in [4.69, 9.17) is 19.2 Å². The number of esters is 2. The van der Waals surface area contributed by atoms with Crippen molar-refractivity contribution >= 4 is 35.0 Å². The molecule has 0 bridgehead atoms. The van der Waals surface area contributed by atoms with Crippen LogP contribution in [-0.2, 0) is 19.1 Å². The molecule has 1 atom stereocenters. The molecule has 0 amide bonds. The predicted molar refractivity (Wildman–Crippen MR) is 170 cm³/mol. The molecule has 5 rings (SSSR count). The number of fused-ring (bicyclic) bond motifs is 1. The number of carbonyl (C=O) groups is 2. The molecule has 1 aliphatic rings. The zero-order valence-electron chi connectivity index (χ0n) is 25.1. The fraction of sp³-hybridized carbons (Fsp3) is 0.257. The van der Waals surface area contributed by atoms with Crippen molar-refractivity contribution in [2.45, 2.75) is 39.7 Å². The standard InChI is InChI=1S/C35H34N2O6S/c1-5-41-29(38)21-43-27-15-11-10-14-26(27)20-28-33(39)37-32(25-18-16-23(17-19-25)22(3)4)30(34(40)42-6-2)31(36-35(37)44-28)24-12-8-7-9-13-24/h7-20,22,32H,5-6,21H2,1-4H3/b28-20-/t32-/m0/s1. The number of nitrogens with zero attached hydrogens (tertiary/aromatic N) is 2. The molecule has 8 nitrogen and oxygen atoms in total. The highest BCUT2D eigenvalue weighted by molar-refractivity contribution is 7.07. The molecule has 0 spiro atoms. The SMILES string of the molecule is CCOC(=O)COc1ccccc1/C=c1\sc2n(c1=O)[C@@H](c1ccc(C(C)C)cc1)C(C(=O)OCC)=C(c1ccccc1)N=2. The maximum atomic E-state index is 14.2. The van der Waals surface area contributed by atoms with Gasteiger partial charge in [-0.1, -0.05) is 98.0 Å². The number of benzene rings is 3. The van der Waals surface area contributed by atoms with E-state index in [-0.39, 0.29) is 25.4 Å². The maximum Gasteiger partial charge on any atom is 0.344 e. The van der Waals surface area contributed by atoms with Crippen LogP contribution in [-0.4, -0.2) is 36.3 Å². The predicted octanol–water partition coefficient (Wildman–Crippen LogP) is 5.00. The van der Waals surface area contributed by atoms with Crippen LogP contribution in [0.3, 0.4) is 0 Å². The van der Waals surface area contributed by atoms with Crippen LogP contribution in [0.4, 0.5) is 0 Å². The number of hydrogen-bond acceptors (Lipinski definition) is 8. The van der Waals surface area contributed by atoms with Gasteiger partial charge < -0.3 is 14.2 Å². The van der Waals surface area contributed by atoms with Gasteiger partial charge in [0.2, 0.25) is 0 Å². The van der Waals surface area contributed by atoms with Crippen LogP contribution >= 0.6 is 11.3 Å². The lowest BCUT2D eigenvalue weighted by Crippen LogP contribution is -2.40. The molecule has 0 saturated carbocycles. The molecule has 0 N–H and O–H groups in total. The van der Waals surface area contributed by atoms with E-state index in [1.807, 2.05) is 60.7 Å². The summed E-state index contributed by atoms with van der Waals surface area (Å²) < 4.78 is 18.2. The molecule has 4 aromatic rings. The summed E-state index contributed by atoms with van der Waals surface area (Å²) in [4.78, 5) is 45.1. The average molecular weight is 611 g/mol. The van der Waals surface area contributed by atoms with E-state index in [9.17, 15) is 14.4 Å². The number of carbonyl (C=O) groups excluding carboxylic acids is 2. The number of hydrogen-bond donors (Lipinski definition) is 0. The molecular formula is C35H34N2O6S. The topological polar surface area (TPSA) is 96.2 Å². The van der Waals surface area contributed by atoms with Crippen LogP contribution in [0.5, 0.6) is 5.75 Å². The van der Waals surface area contributed by atoms with Gasteiger partial charge in [-0.05, 0) is 43.0 Å². The van der Waals surface area contributed by atoms with E-state index in [1.165, 1.54) is 11.3 Å². The minimum absolute atomic E-state index is 0.177. The Labute approximate surface area is 259 Å². The Hall–Kier alpha value is -4.76. The fourth-order valence-electron chi connectivity index (χ4n) is 5.03. The Morgan fingerprint density at radius 2 is 1.61 bits per heavy atom. The first-order chi connectivity index (χ1) is 21.3. The second-order valence-electron chi connectivity index (χ2n) is 10.4. The van der Waals surface area contributed by atoms with Crippen LogP contribution in [0.15, 0.2) is 94.2 Å². The summed E-state index contributed by atoms with van der Waals surface area (Å²) in [5.74, 6) is -0.258. The Bertz CT molecular complexity index is 1870. The quantitative estimate of drug-likeness (QED) is 0.235. The van der Waals surface area contributed by atoms with Gasteiger partial charge in [0, 0.05) is 11.1 Å². The molecule has 44 heavy (non-hydrogen) atoms. The third-order valence-corrected chi connectivity index (χ3v) is 8.13. The van der Waals surface area contributed by atoms with Crippen molar-refractivity contribution in [2.24, 2.45) is 4.99 Å². The number of aromatic nitrogens is 1. The highest BCUT2D eigenvalue weighted by atomic mass is 32.1. The number of ether oxygens (including phenoxy) is 3. The van der Waals surface area contributed by atoms with Gasteiger partial charge in [-0.25, -0.2) is 14.6 Å². The summed E-state index contributed by atoms with van der Waals surface area (Å²) in [6.07, 6.45) is 1.72. The van der Waals surface area contributed by atoms with Crippen molar-refractivity contribution in [3.63, 3.8) is 0 Å². The third kappa shape index (κ3) is 6.43. The van der Waals surface area contributed by atoms with Crippen molar-refractivity contribution in [2.75, 3.05) is 19.8 Å². The monoisotopic (exact) mass is 610 g/mol. The second kappa shape index (κ2) is 13.7. The summed E-state index contributed by atoms with van der Waals surface area (Å²) in [5, 5.41) is 0. The van der Waals surface area contributed by atoms with E-state index in [2.05, 4.69) is 13.8 Å². The van der Waals surface area contributed by atoms with Crippen molar-refractivity contribution in [1.82, 2.24) is 4.57 Å². The van der Waals surface area contributed by atoms with Gasteiger partial charge in [-0.2, -0.15) is 0 Å². The zero-order chi connectivity index (χ0) is 31.2. The zero-order valence-corrected chi connectivity index (χ0v) is 25.9. The number of thiazole rings is 1. The van der Waals surface area contributed by atoms with E-state index in [0.717, 1.165) is 16.7 Å². The molecule has 0 saturated heterocycles. The summed E-state index contributed by atoms with van der Waals surface area (Å²) in [5.41, 5.74) is 3.74. The van der Waals surface area contributed by atoms with Crippen LogP contribution in [0.1, 0.15) is 61.9 Å². The lowest BCUT2D eigenvalue weighted by Gasteiger charge is -2.26. The smallest absolute Gasteiger partial charge is 0.344 e. The van der Waals surface area contributed by atoms with Gasteiger partial charge in [0.05, 0.1) is 35.1 Å². The Morgan fingerprint density at radius 1 is 0.932 bits per heavy atom. The van der Waals surface area contributed by atoms with E-state index >= 15 is 0 Å². The minimum Gasteiger partial charge on any atom is -0.481 e. The van der Waals surface area contributed by atoms with Crippen molar-refractivity contribution < 1.29 is 23.8 Å². The molecule has 0 aliphatic carbocycles. The molecule has 3 aromatic carbocycles. The average Bonchev–Trinajstić information content (AvgIpc) is 3.34. The lowest BCUT2D eigenvalue weighted by molar-refractivity contribution is -0.145. The Balaban J connectivity index is 1.72. The molecule has 0 unspecified atom stereocenters. The fourth-order valence-corrected chi connectivity index (χ4v) is 6.02. The van der Waals surface area contributed by atoms with Gasteiger partial charge in [-0.15, -0.1) is 0 Å². The number of para-hydroxylation sites is 1. The molecule has 0 radical (unpaired) electrons. The molecule has 1 aliphatic heterocycles. The van der Waals surface area contributed by atoms with Gasteiger partial charge in [0.25, 0.3) is 5.56 Å². The van der Waals surface area contributed by atoms with Crippen molar-refractivity contribution in [3.8, 4) is 5.75 Å². The van der Waals surface area contributed by atoms with Crippen LogP contribution in [0, 0.1) is 0 Å². The molecule has 1 aromatic heterocycles. The maximum absolute atomic E-state index is 14.2. The first kappa shape index (κ1) is 30.7. The van der Waals surface area contributed by atoms with Gasteiger partial charge in [0.1, 0.15) is 5.75 Å². The largest absolute Gasteiger partial charge is 0.481 e. The van der Waals surface area contributed by atoms with E-state index < -0.39 is 18.0 Å². The van der Waals surface area contributed by atoms with Crippen LogP contribution < -0.4 is 19.6 Å². The second-order valence-corrected chi connectivity index (χ2v) is 11.4. The first-order valence-corrected chi connectivity index (χ1v) is 15.4. The Kier molecular flexibility index (Phi) is 9.55. The summed E-state index contributed by atoms with van der Waals surface area (Å²) in [6, 6.07) is 23.8. The molecule has 0 fully saturated rings. The lowest BCUT2D eigenvalue weighted by atomic mass is 9.91. The molecule has 9 heteroatoms. The first-order valence-electron chi connectivity index (χ1n) is 14.6. The Morgan fingerprint density at radius 3 is 2.30 bits per heavy atom. The summed E-state index contributed by atoms with van der Waals surface area (Å²) in [7, 11) is 0. The van der Waals surface area contributed by atoms with Crippen LogP contribution in [0.25, 0.3) is 11.8 Å². The molecular weight excluding hydrogens is 576 g/mol. The van der Waals surface area contributed by atoms with E-state index in [0.29, 0.717) is 37.8 Å². The molecule has 2 heterocycles. The highest BCUT2D eigenvalue weighted by Crippen LogP contribution is 2.35. The summed E-state index contributed by atoms with van der Waals surface area (Å²) >= 11 is 1.22. The van der Waals surface area contributed by atoms with Crippen LogP contribution in [0.2, 0.25) is 0 Å². The minimum atomic E-state index is -0.765. The van der Waals surface area contributed by atoms with Gasteiger partial charge in [-0.3, -0.25) is 9.36 Å². The van der Waals surface area contributed by atoms with E-state index in [1.54, 1.807) is 42.7 Å². The molecule has 226 valence electrons. The normalized spacial score (nSPS) is 14.7. The highest BCUT2D eigenvalue weighted by Gasteiger charge is 2.35. The van der Waals surface area contributed by atoms with Crippen molar-refractivity contribution in [3.05, 3.63) is 126 Å². The van der Waals surface area contributed by atoms with Gasteiger partial charge >= 0.3 is 11.9 Å². The third-order valence-electron chi connectivity index (χ3n) is 7.15. The van der Waals surface area contributed by atoms with Crippen molar-refractivity contribution in [1.29, 1.82) is 0 Å².